The monoisotopic (exact) mass is 496 g/mol. The Bertz CT molecular complexity index is 967. The first-order valence-electron chi connectivity index (χ1n) is 13.9. The molecule has 1 heterocycles. The van der Waals surface area contributed by atoms with Gasteiger partial charge in [0, 0.05) is 23.9 Å². The number of rotatable bonds is 10. The van der Waals surface area contributed by atoms with Crippen LogP contribution in [0.4, 0.5) is 0 Å². The molecule has 0 radical (unpaired) electrons. The molecule has 198 valence electrons. The van der Waals surface area contributed by atoms with Crippen molar-refractivity contribution >= 4 is 11.8 Å². The molecule has 1 saturated heterocycles. The van der Waals surface area contributed by atoms with E-state index in [0.717, 1.165) is 36.2 Å². The number of hydrogen-bond acceptors (Lipinski definition) is 4. The first-order chi connectivity index (χ1) is 17.1. The van der Waals surface area contributed by atoms with Crippen LogP contribution >= 0.6 is 0 Å². The molecule has 5 aliphatic rings. The largest absolute Gasteiger partial charge is 0.493 e. The number of ether oxygens (including phenoxy) is 2. The van der Waals surface area contributed by atoms with E-state index in [1.807, 2.05) is 18.2 Å². The summed E-state index contributed by atoms with van der Waals surface area (Å²) in [4.78, 5) is 25.4. The molecule has 4 aliphatic carbocycles. The highest BCUT2D eigenvalue weighted by Gasteiger charge is 2.52. The number of nitrogens with one attached hydrogen (secondary N) is 2. The van der Waals surface area contributed by atoms with E-state index in [-0.39, 0.29) is 17.4 Å². The van der Waals surface area contributed by atoms with Gasteiger partial charge in [0.15, 0.2) is 11.5 Å². The van der Waals surface area contributed by atoms with Crippen molar-refractivity contribution in [1.82, 2.24) is 10.6 Å². The Morgan fingerprint density at radius 3 is 2.25 bits per heavy atom. The van der Waals surface area contributed by atoms with Crippen molar-refractivity contribution in [3.8, 4) is 11.5 Å². The summed E-state index contributed by atoms with van der Waals surface area (Å²) in [6, 6.07) is 5.89. The molecule has 2 amide bonds. The van der Waals surface area contributed by atoms with Gasteiger partial charge in [-0.2, -0.15) is 0 Å². The molecule has 1 aromatic carbocycles. The van der Waals surface area contributed by atoms with E-state index in [2.05, 4.69) is 24.5 Å². The highest BCUT2D eigenvalue weighted by Crippen LogP contribution is 2.62. The van der Waals surface area contributed by atoms with Crippen LogP contribution in [-0.2, 0) is 16.0 Å². The minimum atomic E-state index is -0.405. The van der Waals surface area contributed by atoms with Gasteiger partial charge in [0.05, 0.1) is 14.2 Å². The van der Waals surface area contributed by atoms with Crippen LogP contribution in [0, 0.1) is 23.2 Å². The molecule has 6 rings (SSSR count). The second-order valence-electron chi connectivity index (χ2n) is 13.2. The Kier molecular flexibility index (Phi) is 6.76. The van der Waals surface area contributed by atoms with Crippen molar-refractivity contribution in [2.75, 3.05) is 14.2 Å². The second-order valence-corrected chi connectivity index (χ2v) is 13.2. The molecule has 1 atom stereocenters. The predicted octanol–water partition coefficient (Wildman–Crippen LogP) is 5.18. The molecule has 1 aromatic rings. The van der Waals surface area contributed by atoms with Gasteiger partial charge in [0.1, 0.15) is 0 Å². The lowest BCUT2D eigenvalue weighted by Gasteiger charge is -2.58. The summed E-state index contributed by atoms with van der Waals surface area (Å²) >= 11 is 0. The molecule has 36 heavy (non-hydrogen) atoms. The highest BCUT2D eigenvalue weighted by molar-refractivity contribution is 5.80. The molecule has 6 heteroatoms. The van der Waals surface area contributed by atoms with Gasteiger partial charge in [0.25, 0.3) is 0 Å². The normalized spacial score (nSPS) is 32.9. The number of carbonyl (C=O) groups excluding carboxylic acids is 2. The molecule has 0 aromatic heterocycles. The number of amides is 2. The molecule has 5 fully saturated rings. The summed E-state index contributed by atoms with van der Waals surface area (Å²) in [7, 11) is 3.25. The average Bonchev–Trinajstić information content (AvgIpc) is 3.16. The van der Waals surface area contributed by atoms with E-state index in [4.69, 9.17) is 9.47 Å². The fourth-order valence-electron chi connectivity index (χ4n) is 8.84. The Morgan fingerprint density at radius 1 is 1.06 bits per heavy atom. The van der Waals surface area contributed by atoms with Crippen LogP contribution in [0.3, 0.4) is 0 Å². The van der Waals surface area contributed by atoms with Crippen LogP contribution in [0.5, 0.6) is 11.5 Å². The molecule has 6 nitrogen and oxygen atoms in total. The molecule has 4 bridgehead atoms. The van der Waals surface area contributed by atoms with Crippen molar-refractivity contribution in [1.29, 1.82) is 0 Å². The Hall–Kier alpha value is -2.24. The fourth-order valence-corrected chi connectivity index (χ4v) is 8.84. The van der Waals surface area contributed by atoms with Crippen molar-refractivity contribution in [3.63, 3.8) is 0 Å². The van der Waals surface area contributed by atoms with Crippen LogP contribution in [0.15, 0.2) is 18.2 Å². The maximum Gasteiger partial charge on any atom is 0.220 e. The number of hydrogen-bond donors (Lipinski definition) is 2. The summed E-state index contributed by atoms with van der Waals surface area (Å²) in [5.74, 6) is 4.29. The number of methoxy groups -OCH3 is 2. The van der Waals surface area contributed by atoms with E-state index in [1.165, 1.54) is 38.5 Å². The van der Waals surface area contributed by atoms with Crippen molar-refractivity contribution in [2.45, 2.75) is 102 Å². The zero-order chi connectivity index (χ0) is 25.6. The summed E-state index contributed by atoms with van der Waals surface area (Å²) in [6.07, 6.45) is 12.5. The molecule has 1 unspecified atom stereocenters. The lowest BCUT2D eigenvalue weighted by Crippen LogP contribution is -2.53. The van der Waals surface area contributed by atoms with E-state index in [1.54, 1.807) is 14.2 Å². The average molecular weight is 497 g/mol. The quantitative estimate of drug-likeness (QED) is 0.468. The summed E-state index contributed by atoms with van der Waals surface area (Å²) in [5, 5.41) is 6.60. The van der Waals surface area contributed by atoms with Gasteiger partial charge in [-0.25, -0.2) is 0 Å². The summed E-state index contributed by atoms with van der Waals surface area (Å²) < 4.78 is 10.8. The Labute approximate surface area is 216 Å². The van der Waals surface area contributed by atoms with Gasteiger partial charge in [-0.3, -0.25) is 9.59 Å². The van der Waals surface area contributed by atoms with Crippen LogP contribution in [-0.4, -0.2) is 37.1 Å². The van der Waals surface area contributed by atoms with Crippen molar-refractivity contribution < 1.29 is 19.1 Å². The van der Waals surface area contributed by atoms with Crippen LogP contribution in [0.2, 0.25) is 0 Å². The SMILES string of the molecule is COc1ccc(CC2(CCC(=O)NC(C)(C)CC34CC5CC(CC(C5)C3)C4)CCC(=O)N2)cc1OC. The van der Waals surface area contributed by atoms with Crippen molar-refractivity contribution in [2.24, 2.45) is 23.2 Å². The molecule has 2 N–H and O–H groups in total. The van der Waals surface area contributed by atoms with E-state index >= 15 is 0 Å². The lowest BCUT2D eigenvalue weighted by atomic mass is 9.48. The highest BCUT2D eigenvalue weighted by atomic mass is 16.5. The zero-order valence-electron chi connectivity index (χ0n) is 22.6. The zero-order valence-corrected chi connectivity index (χ0v) is 22.6. The Balaban J connectivity index is 1.20. The summed E-state index contributed by atoms with van der Waals surface area (Å²) in [6.45, 7) is 4.42. The molecule has 0 spiro atoms. The van der Waals surface area contributed by atoms with Crippen LogP contribution in [0.1, 0.15) is 90.0 Å². The first kappa shape index (κ1) is 25.4. The van der Waals surface area contributed by atoms with Crippen molar-refractivity contribution in [3.05, 3.63) is 23.8 Å². The molecular weight excluding hydrogens is 452 g/mol. The third kappa shape index (κ3) is 5.38. The van der Waals surface area contributed by atoms with Gasteiger partial charge < -0.3 is 20.1 Å². The maximum atomic E-state index is 13.2. The van der Waals surface area contributed by atoms with Gasteiger partial charge >= 0.3 is 0 Å². The molecule has 1 aliphatic heterocycles. The Morgan fingerprint density at radius 2 is 1.69 bits per heavy atom. The minimum absolute atomic E-state index is 0.0676. The third-order valence-corrected chi connectivity index (χ3v) is 9.52. The molecular formula is C30H44N2O4. The first-order valence-corrected chi connectivity index (χ1v) is 13.9. The van der Waals surface area contributed by atoms with E-state index < -0.39 is 5.54 Å². The smallest absolute Gasteiger partial charge is 0.220 e. The van der Waals surface area contributed by atoms with Crippen LogP contribution in [0.25, 0.3) is 0 Å². The molecule has 4 saturated carbocycles. The van der Waals surface area contributed by atoms with Gasteiger partial charge in [-0.15, -0.1) is 0 Å². The minimum Gasteiger partial charge on any atom is -0.493 e. The predicted molar refractivity (Wildman–Crippen MR) is 140 cm³/mol. The fraction of sp³-hybridized carbons (Fsp3) is 0.733. The summed E-state index contributed by atoms with van der Waals surface area (Å²) in [5.41, 5.74) is 0.882. The standard InChI is InChI=1S/C30H44N2O4/c1-28(2,19-29-15-21-11-22(16-29)13-23(12-21)17-29)31-26(33)7-9-30(10-8-27(34)32-30)18-20-5-6-24(35-3)25(14-20)36-4/h5-6,14,21-23H,7-13,15-19H2,1-4H3,(H,31,33)(H,32,34). The number of carbonyl (C=O) groups is 2. The topological polar surface area (TPSA) is 76.7 Å². The van der Waals surface area contributed by atoms with E-state index in [0.29, 0.717) is 42.6 Å². The van der Waals surface area contributed by atoms with Gasteiger partial charge in [-0.05, 0) is 119 Å². The number of benzene rings is 1. The third-order valence-electron chi connectivity index (χ3n) is 9.52. The lowest BCUT2D eigenvalue weighted by molar-refractivity contribution is -0.125. The van der Waals surface area contributed by atoms with Gasteiger partial charge in [-0.1, -0.05) is 6.07 Å². The van der Waals surface area contributed by atoms with Crippen LogP contribution < -0.4 is 20.1 Å². The van der Waals surface area contributed by atoms with E-state index in [9.17, 15) is 9.59 Å². The maximum absolute atomic E-state index is 13.2. The van der Waals surface area contributed by atoms with Gasteiger partial charge in [0.2, 0.25) is 11.8 Å². The second kappa shape index (κ2) is 9.57.